The van der Waals surface area contributed by atoms with E-state index in [1.807, 2.05) is 6.92 Å². The molecule has 2 atom stereocenters. The molecule has 5 nitrogen and oxygen atoms in total. The average molecular weight is 285 g/mol. The van der Waals surface area contributed by atoms with E-state index in [-0.39, 0.29) is 16.8 Å². The molecule has 2 unspecified atom stereocenters. The fourth-order valence-electron chi connectivity index (χ4n) is 2.08. The molecule has 6 heteroatoms. The van der Waals surface area contributed by atoms with Gasteiger partial charge >= 0.3 is 0 Å². The fourth-order valence-corrected chi connectivity index (χ4v) is 2.31. The normalized spacial score (nSPS) is 19.6. The van der Waals surface area contributed by atoms with Gasteiger partial charge in [-0.2, -0.15) is 0 Å². The van der Waals surface area contributed by atoms with Crippen molar-refractivity contribution in [1.29, 1.82) is 0 Å². The minimum absolute atomic E-state index is 0.0350. The highest BCUT2D eigenvalue weighted by Gasteiger charge is 2.36. The Hall–Kier alpha value is -1.17. The van der Waals surface area contributed by atoms with E-state index < -0.39 is 11.5 Å². The van der Waals surface area contributed by atoms with Gasteiger partial charge in [-0.25, -0.2) is 0 Å². The largest absolute Gasteiger partial charge is 0.392 e. The van der Waals surface area contributed by atoms with Crippen LogP contribution in [-0.2, 0) is 9.59 Å². The summed E-state index contributed by atoms with van der Waals surface area (Å²) in [5.41, 5.74) is 4.74. The molecule has 1 rings (SSSR count). The lowest BCUT2D eigenvalue weighted by atomic mass is 9.86. The summed E-state index contributed by atoms with van der Waals surface area (Å²) in [4.78, 5) is 26.3. The third-order valence-electron chi connectivity index (χ3n) is 3.89. The number of hydrogen-bond donors (Lipinski definition) is 2. The molecule has 108 valence electrons. The van der Waals surface area contributed by atoms with Crippen LogP contribution in [0.4, 0.5) is 0 Å². The van der Waals surface area contributed by atoms with E-state index in [0.717, 1.165) is 25.9 Å². The van der Waals surface area contributed by atoms with E-state index in [9.17, 15) is 9.59 Å². The smallest absolute Gasteiger partial charge is 0.244 e. The second-order valence-electron chi connectivity index (χ2n) is 5.28. The van der Waals surface area contributed by atoms with Crippen LogP contribution in [0.3, 0.4) is 0 Å². The molecule has 3 N–H and O–H groups in total. The molecule has 0 radical (unpaired) electrons. The molecule has 0 spiro atoms. The van der Waals surface area contributed by atoms with E-state index >= 15 is 0 Å². The predicted molar refractivity (Wildman–Crippen MR) is 78.6 cm³/mol. The van der Waals surface area contributed by atoms with Crippen LogP contribution in [0.2, 0.25) is 0 Å². The SMILES string of the molecule is CCC(C)(C(=O)NC(C)C(=O)N1CCCC1)C(N)=S. The molecule has 1 heterocycles. The molecule has 0 aromatic carbocycles. The Morgan fingerprint density at radius 2 is 1.95 bits per heavy atom. The lowest BCUT2D eigenvalue weighted by molar-refractivity contribution is -0.136. The lowest BCUT2D eigenvalue weighted by Crippen LogP contribution is -2.53. The molecule has 2 amide bonds. The van der Waals surface area contributed by atoms with Gasteiger partial charge in [0, 0.05) is 13.1 Å². The molecular formula is C13H23N3O2S. The van der Waals surface area contributed by atoms with E-state index in [4.69, 9.17) is 18.0 Å². The molecule has 0 saturated carbocycles. The molecule has 0 aromatic rings. The second-order valence-corrected chi connectivity index (χ2v) is 5.72. The summed E-state index contributed by atoms with van der Waals surface area (Å²) in [7, 11) is 0. The van der Waals surface area contributed by atoms with Gasteiger partial charge in [0.1, 0.15) is 6.04 Å². The molecule has 0 aliphatic carbocycles. The van der Waals surface area contributed by atoms with Gasteiger partial charge in [-0.3, -0.25) is 9.59 Å². The standard InChI is InChI=1S/C13H23N3O2S/c1-4-13(3,11(14)19)12(18)15-9(2)10(17)16-7-5-6-8-16/h9H,4-8H2,1-3H3,(H2,14,19)(H,15,18). The van der Waals surface area contributed by atoms with Crippen molar-refractivity contribution in [3.63, 3.8) is 0 Å². The van der Waals surface area contributed by atoms with Crippen molar-refractivity contribution >= 4 is 29.0 Å². The third kappa shape index (κ3) is 3.43. The van der Waals surface area contributed by atoms with Gasteiger partial charge in [0.2, 0.25) is 11.8 Å². The van der Waals surface area contributed by atoms with Crippen LogP contribution < -0.4 is 11.1 Å². The lowest BCUT2D eigenvalue weighted by Gasteiger charge is -2.28. The van der Waals surface area contributed by atoms with Crippen molar-refractivity contribution in [3.05, 3.63) is 0 Å². The Labute approximate surface area is 119 Å². The minimum Gasteiger partial charge on any atom is -0.392 e. The molecule has 1 aliphatic rings. The summed E-state index contributed by atoms with van der Waals surface area (Å²) < 4.78 is 0. The van der Waals surface area contributed by atoms with Crippen LogP contribution in [-0.4, -0.2) is 40.8 Å². The highest BCUT2D eigenvalue weighted by Crippen LogP contribution is 2.22. The van der Waals surface area contributed by atoms with Crippen LogP contribution >= 0.6 is 12.2 Å². The molecule has 0 aromatic heterocycles. The quantitative estimate of drug-likeness (QED) is 0.733. The van der Waals surface area contributed by atoms with Gasteiger partial charge < -0.3 is 16.0 Å². The molecule has 0 bridgehead atoms. The van der Waals surface area contributed by atoms with Crippen molar-refractivity contribution in [2.45, 2.75) is 46.1 Å². The van der Waals surface area contributed by atoms with Gasteiger partial charge in [-0.05, 0) is 33.1 Å². The minimum atomic E-state index is -0.894. The van der Waals surface area contributed by atoms with Crippen molar-refractivity contribution in [2.24, 2.45) is 11.1 Å². The second kappa shape index (κ2) is 6.32. The third-order valence-corrected chi connectivity index (χ3v) is 4.34. The summed E-state index contributed by atoms with van der Waals surface area (Å²) in [6, 6.07) is -0.536. The monoisotopic (exact) mass is 285 g/mol. The van der Waals surface area contributed by atoms with Crippen molar-refractivity contribution in [2.75, 3.05) is 13.1 Å². The number of carbonyl (C=O) groups is 2. The van der Waals surface area contributed by atoms with Crippen molar-refractivity contribution in [1.82, 2.24) is 10.2 Å². The summed E-state index contributed by atoms with van der Waals surface area (Å²) in [5, 5.41) is 2.73. The first-order valence-electron chi connectivity index (χ1n) is 6.72. The van der Waals surface area contributed by atoms with Gasteiger partial charge in [-0.15, -0.1) is 0 Å². The van der Waals surface area contributed by atoms with Crippen LogP contribution in [0, 0.1) is 5.41 Å². The summed E-state index contributed by atoms with van der Waals surface area (Å²) >= 11 is 4.95. The zero-order valence-corrected chi connectivity index (χ0v) is 12.7. The summed E-state index contributed by atoms with van der Waals surface area (Å²) in [6.07, 6.45) is 2.58. The zero-order chi connectivity index (χ0) is 14.6. The number of nitrogens with zero attached hydrogens (tertiary/aromatic N) is 1. The number of carbonyl (C=O) groups excluding carboxylic acids is 2. The van der Waals surface area contributed by atoms with Crippen LogP contribution in [0.1, 0.15) is 40.0 Å². The van der Waals surface area contributed by atoms with Crippen LogP contribution in [0.15, 0.2) is 0 Å². The Morgan fingerprint density at radius 3 is 2.37 bits per heavy atom. The van der Waals surface area contributed by atoms with E-state index in [2.05, 4.69) is 5.32 Å². The summed E-state index contributed by atoms with van der Waals surface area (Å²) in [5.74, 6) is -0.310. The van der Waals surface area contributed by atoms with E-state index in [1.54, 1.807) is 18.7 Å². The van der Waals surface area contributed by atoms with Gasteiger partial charge in [0.25, 0.3) is 0 Å². The van der Waals surface area contributed by atoms with E-state index in [1.165, 1.54) is 0 Å². The molecule has 19 heavy (non-hydrogen) atoms. The Kier molecular flexibility index (Phi) is 5.29. The molecule has 1 fully saturated rings. The van der Waals surface area contributed by atoms with Gasteiger partial charge in [0.05, 0.1) is 10.4 Å². The topological polar surface area (TPSA) is 75.4 Å². The predicted octanol–water partition coefficient (Wildman–Crippen LogP) is 0.816. The number of thiocarbonyl (C=S) groups is 1. The first kappa shape index (κ1) is 15.9. The maximum atomic E-state index is 12.2. The number of hydrogen-bond acceptors (Lipinski definition) is 3. The van der Waals surface area contributed by atoms with E-state index in [0.29, 0.717) is 6.42 Å². The number of amides is 2. The van der Waals surface area contributed by atoms with Gasteiger partial charge in [0.15, 0.2) is 0 Å². The molecular weight excluding hydrogens is 262 g/mol. The average Bonchev–Trinajstić information content (AvgIpc) is 2.89. The number of nitrogens with two attached hydrogens (primary N) is 1. The maximum Gasteiger partial charge on any atom is 0.244 e. The van der Waals surface area contributed by atoms with Crippen LogP contribution in [0.25, 0.3) is 0 Å². The highest BCUT2D eigenvalue weighted by atomic mass is 32.1. The fraction of sp³-hybridized carbons (Fsp3) is 0.769. The number of nitrogens with one attached hydrogen (secondary N) is 1. The highest BCUT2D eigenvalue weighted by molar-refractivity contribution is 7.80. The Bertz CT molecular complexity index is 380. The zero-order valence-electron chi connectivity index (χ0n) is 11.9. The van der Waals surface area contributed by atoms with Gasteiger partial charge in [-0.1, -0.05) is 19.1 Å². The first-order chi connectivity index (χ1) is 8.82. The van der Waals surface area contributed by atoms with Crippen molar-refractivity contribution in [3.8, 4) is 0 Å². The maximum absolute atomic E-state index is 12.2. The number of rotatable bonds is 5. The Balaban J connectivity index is 2.65. The molecule has 1 aliphatic heterocycles. The summed E-state index contributed by atoms with van der Waals surface area (Å²) in [6.45, 7) is 6.82. The Morgan fingerprint density at radius 1 is 1.42 bits per heavy atom. The van der Waals surface area contributed by atoms with Crippen LogP contribution in [0.5, 0.6) is 0 Å². The first-order valence-corrected chi connectivity index (χ1v) is 7.13. The van der Waals surface area contributed by atoms with Crippen molar-refractivity contribution < 1.29 is 9.59 Å². The number of likely N-dealkylation sites (tertiary alicyclic amines) is 1. The molecule has 1 saturated heterocycles.